The van der Waals surface area contributed by atoms with E-state index in [2.05, 4.69) is 20.1 Å². The number of aliphatic hydroxyl groups is 1. The number of hydrogen-bond acceptors (Lipinski definition) is 7. The Morgan fingerprint density at radius 2 is 2.05 bits per heavy atom. The molecular formula is C11H11F3N4O3. The van der Waals surface area contributed by atoms with Crippen LogP contribution in [0.4, 0.5) is 13.2 Å². The SMILES string of the molecule is COc1cc(-c2noc(C(C)C(O)C(F)(F)F)n2)ncn1. The zero-order chi connectivity index (χ0) is 15.6. The normalized spacial score (nSPS) is 14.8. The molecular weight excluding hydrogens is 293 g/mol. The number of halogens is 3. The van der Waals surface area contributed by atoms with Crippen molar-refractivity contribution in [3.8, 4) is 17.4 Å². The summed E-state index contributed by atoms with van der Waals surface area (Å²) < 4.78 is 46.9. The van der Waals surface area contributed by atoms with Crippen LogP contribution >= 0.6 is 0 Å². The van der Waals surface area contributed by atoms with Crippen LogP contribution in [0.1, 0.15) is 18.7 Å². The molecule has 1 N–H and O–H groups in total. The summed E-state index contributed by atoms with van der Waals surface area (Å²) in [6, 6.07) is 1.40. The van der Waals surface area contributed by atoms with Crippen LogP contribution in [-0.2, 0) is 0 Å². The van der Waals surface area contributed by atoms with Gasteiger partial charge < -0.3 is 14.4 Å². The zero-order valence-electron chi connectivity index (χ0n) is 11.0. The number of rotatable bonds is 4. The molecule has 0 saturated heterocycles. The summed E-state index contributed by atoms with van der Waals surface area (Å²) >= 11 is 0. The fraction of sp³-hybridized carbons (Fsp3) is 0.455. The first-order chi connectivity index (χ1) is 9.82. The monoisotopic (exact) mass is 304 g/mol. The van der Waals surface area contributed by atoms with Crippen molar-refractivity contribution < 1.29 is 27.5 Å². The molecule has 10 heteroatoms. The van der Waals surface area contributed by atoms with Gasteiger partial charge in [-0.05, 0) is 0 Å². The van der Waals surface area contributed by atoms with Gasteiger partial charge in [-0.15, -0.1) is 0 Å². The highest BCUT2D eigenvalue weighted by atomic mass is 19.4. The van der Waals surface area contributed by atoms with Gasteiger partial charge in [0.05, 0.1) is 13.0 Å². The molecule has 0 aliphatic heterocycles. The molecule has 0 aliphatic carbocycles. The first-order valence-corrected chi connectivity index (χ1v) is 5.77. The number of alkyl halides is 3. The van der Waals surface area contributed by atoms with Crippen LogP contribution in [0.2, 0.25) is 0 Å². The van der Waals surface area contributed by atoms with Gasteiger partial charge in [0.1, 0.15) is 12.0 Å². The molecule has 2 rings (SSSR count). The molecule has 0 aliphatic rings. The van der Waals surface area contributed by atoms with Gasteiger partial charge in [0.15, 0.2) is 6.10 Å². The first-order valence-electron chi connectivity index (χ1n) is 5.77. The molecule has 0 fully saturated rings. The Bertz CT molecular complexity index is 617. The maximum absolute atomic E-state index is 12.4. The second-order valence-corrected chi connectivity index (χ2v) is 4.18. The van der Waals surface area contributed by atoms with Crippen LogP contribution in [0.25, 0.3) is 11.5 Å². The van der Waals surface area contributed by atoms with Crippen molar-refractivity contribution in [2.45, 2.75) is 25.1 Å². The fourth-order valence-electron chi connectivity index (χ4n) is 1.52. The molecule has 2 aromatic heterocycles. The van der Waals surface area contributed by atoms with Crippen LogP contribution < -0.4 is 4.74 Å². The molecule has 0 amide bonds. The third kappa shape index (κ3) is 3.27. The van der Waals surface area contributed by atoms with Crippen LogP contribution in [0, 0.1) is 0 Å². The summed E-state index contributed by atoms with van der Waals surface area (Å²) in [5.74, 6) is -1.51. The average molecular weight is 304 g/mol. The van der Waals surface area contributed by atoms with Crippen LogP contribution in [0.3, 0.4) is 0 Å². The van der Waals surface area contributed by atoms with Gasteiger partial charge in [-0.3, -0.25) is 0 Å². The number of ether oxygens (including phenoxy) is 1. The van der Waals surface area contributed by atoms with Crippen molar-refractivity contribution in [3.63, 3.8) is 0 Å². The Morgan fingerprint density at radius 3 is 2.67 bits per heavy atom. The number of hydrogen-bond donors (Lipinski definition) is 1. The molecule has 2 heterocycles. The summed E-state index contributed by atoms with van der Waals surface area (Å²) in [6.07, 6.45) is -6.17. The maximum Gasteiger partial charge on any atom is 0.415 e. The number of aromatic nitrogens is 4. The summed E-state index contributed by atoms with van der Waals surface area (Å²) in [7, 11) is 1.40. The predicted octanol–water partition coefficient (Wildman–Crippen LogP) is 1.56. The number of methoxy groups -OCH3 is 1. The summed E-state index contributed by atoms with van der Waals surface area (Å²) in [4.78, 5) is 11.4. The lowest BCUT2D eigenvalue weighted by Gasteiger charge is -2.17. The van der Waals surface area contributed by atoms with E-state index in [0.717, 1.165) is 6.92 Å². The molecule has 21 heavy (non-hydrogen) atoms. The predicted molar refractivity (Wildman–Crippen MR) is 62.4 cm³/mol. The molecule has 0 aromatic carbocycles. The van der Waals surface area contributed by atoms with E-state index in [1.54, 1.807) is 0 Å². The Labute approximate surface area is 116 Å². The quantitative estimate of drug-likeness (QED) is 0.916. The Kier molecular flexibility index (Phi) is 4.07. The van der Waals surface area contributed by atoms with E-state index in [-0.39, 0.29) is 23.3 Å². The van der Waals surface area contributed by atoms with Crippen LogP contribution in [0.15, 0.2) is 16.9 Å². The van der Waals surface area contributed by atoms with Crippen molar-refractivity contribution in [3.05, 3.63) is 18.3 Å². The van der Waals surface area contributed by atoms with Crippen molar-refractivity contribution in [2.75, 3.05) is 7.11 Å². The van der Waals surface area contributed by atoms with Crippen molar-refractivity contribution in [2.24, 2.45) is 0 Å². The lowest BCUT2D eigenvalue weighted by molar-refractivity contribution is -0.210. The van der Waals surface area contributed by atoms with Gasteiger partial charge in [-0.1, -0.05) is 12.1 Å². The van der Waals surface area contributed by atoms with E-state index >= 15 is 0 Å². The van der Waals surface area contributed by atoms with Crippen LogP contribution in [-0.4, -0.2) is 44.6 Å². The Balaban J connectivity index is 2.25. The lowest BCUT2D eigenvalue weighted by Crippen LogP contribution is -2.33. The van der Waals surface area contributed by atoms with E-state index in [1.165, 1.54) is 19.5 Å². The van der Waals surface area contributed by atoms with Crippen molar-refractivity contribution in [1.29, 1.82) is 0 Å². The van der Waals surface area contributed by atoms with E-state index in [0.29, 0.717) is 0 Å². The highest BCUT2D eigenvalue weighted by Gasteiger charge is 2.44. The number of aliphatic hydroxyl groups excluding tert-OH is 1. The largest absolute Gasteiger partial charge is 0.481 e. The summed E-state index contributed by atoms with van der Waals surface area (Å²) in [5.41, 5.74) is 0.227. The Hall–Kier alpha value is -2.23. The first kappa shape index (κ1) is 15.2. The van der Waals surface area contributed by atoms with E-state index in [1.807, 2.05) is 0 Å². The minimum Gasteiger partial charge on any atom is -0.481 e. The van der Waals surface area contributed by atoms with Crippen molar-refractivity contribution >= 4 is 0 Å². The van der Waals surface area contributed by atoms with E-state index in [4.69, 9.17) is 9.26 Å². The minimum absolute atomic E-state index is 0.0214. The molecule has 0 bridgehead atoms. The smallest absolute Gasteiger partial charge is 0.415 e. The molecule has 114 valence electrons. The van der Waals surface area contributed by atoms with Crippen molar-refractivity contribution in [1.82, 2.24) is 20.1 Å². The highest BCUT2D eigenvalue weighted by Crippen LogP contribution is 2.31. The molecule has 2 unspecified atom stereocenters. The minimum atomic E-state index is -4.77. The molecule has 2 atom stereocenters. The maximum atomic E-state index is 12.4. The third-order valence-electron chi connectivity index (χ3n) is 2.72. The highest BCUT2D eigenvalue weighted by molar-refractivity contribution is 5.49. The topological polar surface area (TPSA) is 94.2 Å². The molecule has 0 spiro atoms. The van der Waals surface area contributed by atoms with Gasteiger partial charge in [0.2, 0.25) is 17.6 Å². The fourth-order valence-corrected chi connectivity index (χ4v) is 1.52. The van der Waals surface area contributed by atoms with Gasteiger partial charge in [0, 0.05) is 6.07 Å². The third-order valence-corrected chi connectivity index (χ3v) is 2.72. The number of nitrogens with zero attached hydrogens (tertiary/aromatic N) is 4. The second-order valence-electron chi connectivity index (χ2n) is 4.18. The van der Waals surface area contributed by atoms with Gasteiger partial charge in [0.25, 0.3) is 0 Å². The standard InChI is InChI=1S/C11H11F3N4O3/c1-5(8(19)11(12,13)14)10-17-9(18-21-10)6-3-7(20-2)16-4-15-6/h3-5,8,19H,1-2H3. The summed E-state index contributed by atoms with van der Waals surface area (Å²) in [5, 5.41) is 12.7. The van der Waals surface area contributed by atoms with Gasteiger partial charge >= 0.3 is 6.18 Å². The Morgan fingerprint density at radius 1 is 1.33 bits per heavy atom. The molecule has 2 aromatic rings. The van der Waals surface area contributed by atoms with Gasteiger partial charge in [-0.2, -0.15) is 18.2 Å². The molecule has 0 radical (unpaired) electrons. The zero-order valence-corrected chi connectivity index (χ0v) is 11.0. The van der Waals surface area contributed by atoms with E-state index < -0.39 is 18.2 Å². The van der Waals surface area contributed by atoms with Gasteiger partial charge in [-0.25, -0.2) is 9.97 Å². The lowest BCUT2D eigenvalue weighted by atomic mass is 10.1. The van der Waals surface area contributed by atoms with Crippen LogP contribution in [0.5, 0.6) is 5.88 Å². The van der Waals surface area contributed by atoms with E-state index in [9.17, 15) is 18.3 Å². The molecule has 7 nitrogen and oxygen atoms in total. The summed E-state index contributed by atoms with van der Waals surface area (Å²) in [6.45, 7) is 1.13. The average Bonchev–Trinajstić information content (AvgIpc) is 2.94. The second kappa shape index (κ2) is 5.64. The molecule has 0 saturated carbocycles.